The van der Waals surface area contributed by atoms with E-state index < -0.39 is 41.2 Å². The minimum absolute atomic E-state index is 0.106. The summed E-state index contributed by atoms with van der Waals surface area (Å²) in [4.78, 5) is 39.9. The van der Waals surface area contributed by atoms with E-state index in [2.05, 4.69) is 15.0 Å². The third-order valence-corrected chi connectivity index (χ3v) is 10.9. The molecule has 1 saturated heterocycles. The molecule has 1 heterocycles. The average molecular weight is 643 g/mol. The topological polar surface area (TPSA) is 105 Å². The number of benzene rings is 1. The minimum Gasteiger partial charge on any atom is -0.443 e. The van der Waals surface area contributed by atoms with E-state index in [1.54, 1.807) is 7.05 Å². The monoisotopic (exact) mass is 642 g/mol. The van der Waals surface area contributed by atoms with Crippen LogP contribution in [0.3, 0.4) is 0 Å². The number of alkyl halides is 3. The van der Waals surface area contributed by atoms with Crippen molar-refractivity contribution in [1.82, 2.24) is 9.62 Å². The number of hydrogen-bond acceptors (Lipinski definition) is 5. The number of piperidine rings is 1. The summed E-state index contributed by atoms with van der Waals surface area (Å²) in [6.45, 7) is 12.8. The SMILES string of the molecule is C/C=S(/CCc1c(C)cc(N(C)C(=O)OC(C)(C)C)cc1C)N1CCC(NC(=O)C2(CCCC(F)(F)F)CC2)(C(N)=O)CC1. The molecule has 8 nitrogen and oxygen atoms in total. The lowest BCUT2D eigenvalue weighted by atomic mass is 9.86. The largest absolute Gasteiger partial charge is 0.443 e. The Balaban J connectivity index is 1.61. The van der Waals surface area contributed by atoms with E-state index in [1.807, 2.05) is 53.7 Å². The molecule has 0 aromatic heterocycles. The summed E-state index contributed by atoms with van der Waals surface area (Å²) in [5.41, 5.74) is 7.39. The van der Waals surface area contributed by atoms with Crippen LogP contribution < -0.4 is 16.0 Å². The van der Waals surface area contributed by atoms with Gasteiger partial charge in [0.1, 0.15) is 11.1 Å². The number of amides is 3. The van der Waals surface area contributed by atoms with Crippen molar-refractivity contribution in [2.75, 3.05) is 30.8 Å². The van der Waals surface area contributed by atoms with Crippen LogP contribution in [-0.2, 0) is 20.7 Å². The van der Waals surface area contributed by atoms with Gasteiger partial charge in [0.2, 0.25) is 11.8 Å². The Bertz CT molecular complexity index is 1240. The zero-order chi connectivity index (χ0) is 33.1. The number of nitrogens with two attached hydrogens (primary N) is 1. The molecule has 248 valence electrons. The van der Waals surface area contributed by atoms with Gasteiger partial charge < -0.3 is 15.8 Å². The van der Waals surface area contributed by atoms with E-state index in [-0.39, 0.29) is 29.4 Å². The average Bonchev–Trinajstić information content (AvgIpc) is 3.69. The third kappa shape index (κ3) is 9.22. The molecule has 2 fully saturated rings. The second-order valence-electron chi connectivity index (χ2n) is 13.3. The van der Waals surface area contributed by atoms with Gasteiger partial charge in [-0.3, -0.25) is 18.8 Å². The fourth-order valence-electron chi connectivity index (χ4n) is 5.85. The summed E-state index contributed by atoms with van der Waals surface area (Å²) in [5.74, 6) is -0.0724. The molecule has 1 saturated carbocycles. The van der Waals surface area contributed by atoms with Crippen LogP contribution in [0.15, 0.2) is 12.1 Å². The summed E-state index contributed by atoms with van der Waals surface area (Å²) in [7, 11) is 1.51. The second kappa shape index (κ2) is 13.8. The van der Waals surface area contributed by atoms with Gasteiger partial charge in [-0.2, -0.15) is 13.2 Å². The van der Waals surface area contributed by atoms with Crippen LogP contribution in [0, 0.1) is 19.3 Å². The van der Waals surface area contributed by atoms with Crippen molar-refractivity contribution >= 4 is 39.6 Å². The fourth-order valence-corrected chi connectivity index (χ4v) is 7.71. The van der Waals surface area contributed by atoms with Crippen molar-refractivity contribution in [2.45, 2.75) is 110 Å². The zero-order valence-corrected chi connectivity index (χ0v) is 28.0. The second-order valence-corrected chi connectivity index (χ2v) is 15.5. The Morgan fingerprint density at radius 2 is 1.66 bits per heavy atom. The number of hydrogen-bond donors (Lipinski definition) is 2. The first kappa shape index (κ1) is 35.9. The summed E-state index contributed by atoms with van der Waals surface area (Å²) in [6.07, 6.45) is -2.92. The van der Waals surface area contributed by atoms with E-state index in [0.29, 0.717) is 38.8 Å². The highest BCUT2D eigenvalue weighted by Gasteiger charge is 2.53. The van der Waals surface area contributed by atoms with E-state index >= 15 is 0 Å². The molecule has 1 aromatic carbocycles. The van der Waals surface area contributed by atoms with Gasteiger partial charge in [-0.05, 0) is 115 Å². The number of halogens is 3. The van der Waals surface area contributed by atoms with Gasteiger partial charge in [0.25, 0.3) is 0 Å². The number of nitrogens with one attached hydrogen (secondary N) is 1. The Morgan fingerprint density at radius 1 is 1.09 bits per heavy atom. The molecule has 3 rings (SSSR count). The van der Waals surface area contributed by atoms with Gasteiger partial charge in [0, 0.05) is 43.4 Å². The van der Waals surface area contributed by atoms with Crippen LogP contribution in [-0.4, -0.2) is 70.8 Å². The number of anilines is 1. The van der Waals surface area contributed by atoms with Crippen LogP contribution in [0.2, 0.25) is 0 Å². The molecule has 0 spiro atoms. The van der Waals surface area contributed by atoms with Crippen molar-refractivity contribution in [1.29, 1.82) is 0 Å². The Kier molecular flexibility index (Phi) is 11.3. The van der Waals surface area contributed by atoms with Crippen LogP contribution in [0.1, 0.15) is 89.3 Å². The minimum atomic E-state index is -4.25. The fraction of sp³-hybridized carbons (Fsp3) is 0.688. The third-order valence-electron chi connectivity index (χ3n) is 8.75. The van der Waals surface area contributed by atoms with Crippen molar-refractivity contribution in [3.63, 3.8) is 0 Å². The molecular formula is C32H49F3N4O4S. The normalized spacial score (nSPS) is 18.9. The van der Waals surface area contributed by atoms with E-state index in [1.165, 1.54) is 10.5 Å². The molecule has 2 aliphatic rings. The van der Waals surface area contributed by atoms with Crippen molar-refractivity contribution in [3.05, 3.63) is 28.8 Å². The first-order valence-electron chi connectivity index (χ1n) is 15.3. The van der Waals surface area contributed by atoms with Crippen molar-refractivity contribution < 1.29 is 32.3 Å². The van der Waals surface area contributed by atoms with Crippen LogP contribution >= 0.6 is 10.7 Å². The maximum Gasteiger partial charge on any atom is 0.414 e. The molecule has 44 heavy (non-hydrogen) atoms. The standard InChI is InChI=1S/C32H49F3N4O4S/c1-8-44(19-10-25-22(2)20-24(21-23(25)3)38(7)28(42)43-29(4,5)6)39-17-15-31(16-18-39,26(36)40)37-27(41)30(13-14-30)11-9-12-32(33,34)35/h8,20-21H,9-19H2,1-7H3,(H2,36,40)(H,37,41). The van der Waals surface area contributed by atoms with Gasteiger partial charge in [-0.25, -0.2) is 4.79 Å². The predicted molar refractivity (Wildman–Crippen MR) is 171 cm³/mol. The maximum absolute atomic E-state index is 13.2. The van der Waals surface area contributed by atoms with Gasteiger partial charge in [0.15, 0.2) is 0 Å². The van der Waals surface area contributed by atoms with Crippen LogP contribution in [0.25, 0.3) is 0 Å². The number of rotatable bonds is 11. The highest BCUT2D eigenvalue weighted by Crippen LogP contribution is 2.51. The lowest BCUT2D eigenvalue weighted by molar-refractivity contribution is -0.140. The molecule has 1 aromatic rings. The molecule has 3 N–H and O–H groups in total. The lowest BCUT2D eigenvalue weighted by Gasteiger charge is -2.42. The number of nitrogens with zero attached hydrogens (tertiary/aromatic N) is 2. The Hall–Kier alpha value is -2.60. The quantitative estimate of drug-likeness (QED) is 0.281. The molecule has 12 heteroatoms. The molecular weight excluding hydrogens is 593 g/mol. The first-order chi connectivity index (χ1) is 20.3. The summed E-state index contributed by atoms with van der Waals surface area (Å²) < 4.78 is 45.8. The number of aryl methyl sites for hydroxylation is 2. The highest BCUT2D eigenvalue weighted by molar-refractivity contribution is 8.12. The number of primary amides is 1. The van der Waals surface area contributed by atoms with Crippen molar-refractivity contribution in [2.24, 2.45) is 11.1 Å². The molecule has 1 unspecified atom stereocenters. The number of ether oxygens (including phenoxy) is 1. The molecule has 0 bridgehead atoms. The van der Waals surface area contributed by atoms with Crippen LogP contribution in [0.5, 0.6) is 0 Å². The first-order valence-corrected chi connectivity index (χ1v) is 16.7. The van der Waals surface area contributed by atoms with Gasteiger partial charge in [-0.1, -0.05) is 5.37 Å². The van der Waals surface area contributed by atoms with Crippen LogP contribution in [0.4, 0.5) is 23.7 Å². The number of carbonyl (C=O) groups is 3. The van der Waals surface area contributed by atoms with E-state index in [0.717, 1.165) is 29.0 Å². The maximum atomic E-state index is 13.2. The Morgan fingerprint density at radius 3 is 2.11 bits per heavy atom. The summed E-state index contributed by atoms with van der Waals surface area (Å²) in [6, 6.07) is 4.00. The molecule has 0 radical (unpaired) electrons. The van der Waals surface area contributed by atoms with Gasteiger partial charge >= 0.3 is 12.3 Å². The van der Waals surface area contributed by atoms with E-state index in [9.17, 15) is 27.6 Å². The predicted octanol–water partition coefficient (Wildman–Crippen LogP) is 6.17. The van der Waals surface area contributed by atoms with E-state index in [4.69, 9.17) is 10.5 Å². The smallest absolute Gasteiger partial charge is 0.414 e. The summed E-state index contributed by atoms with van der Waals surface area (Å²) >= 11 is 0. The van der Waals surface area contributed by atoms with Crippen molar-refractivity contribution in [3.8, 4) is 0 Å². The summed E-state index contributed by atoms with van der Waals surface area (Å²) in [5, 5.41) is 5.07. The molecule has 3 amide bonds. The highest BCUT2D eigenvalue weighted by atomic mass is 32.2. The van der Waals surface area contributed by atoms with Gasteiger partial charge in [-0.15, -0.1) is 10.7 Å². The lowest BCUT2D eigenvalue weighted by Crippen LogP contribution is -2.63. The molecule has 1 aliphatic heterocycles. The number of carbonyl (C=O) groups excluding carboxylic acids is 3. The Labute approximate surface area is 262 Å². The zero-order valence-electron chi connectivity index (χ0n) is 27.2. The van der Waals surface area contributed by atoms with Gasteiger partial charge in [0.05, 0.1) is 0 Å². The molecule has 1 aliphatic carbocycles. The molecule has 1 atom stereocenters.